The molecule has 0 saturated heterocycles. The molecule has 0 spiro atoms. The number of methoxy groups -OCH3 is 1. The molecule has 0 unspecified atom stereocenters. The Labute approximate surface area is 193 Å². The number of sulfonamides is 1. The van der Waals surface area contributed by atoms with Crippen LogP contribution in [0.25, 0.3) is 0 Å². The molecule has 0 bridgehead atoms. The molecule has 0 aliphatic rings. The summed E-state index contributed by atoms with van der Waals surface area (Å²) in [5.41, 5.74) is 1.95. The van der Waals surface area contributed by atoms with E-state index < -0.39 is 22.0 Å². The molecular formula is C24H25N3O5S. The summed E-state index contributed by atoms with van der Waals surface area (Å²) in [4.78, 5) is 24.9. The van der Waals surface area contributed by atoms with Gasteiger partial charge in [0.1, 0.15) is 11.8 Å². The van der Waals surface area contributed by atoms with Crippen molar-refractivity contribution in [2.45, 2.75) is 24.8 Å². The molecule has 0 fully saturated rings. The summed E-state index contributed by atoms with van der Waals surface area (Å²) < 4.78 is 33.3. The average molecular weight is 468 g/mol. The van der Waals surface area contributed by atoms with Crippen molar-refractivity contribution in [3.63, 3.8) is 0 Å². The van der Waals surface area contributed by atoms with Crippen LogP contribution < -0.4 is 20.1 Å². The number of amides is 2. The molecule has 1 atom stereocenters. The molecule has 172 valence electrons. The minimum absolute atomic E-state index is 0.0392. The first-order valence-corrected chi connectivity index (χ1v) is 11.6. The van der Waals surface area contributed by atoms with E-state index in [2.05, 4.69) is 15.4 Å². The molecule has 0 heterocycles. The third kappa shape index (κ3) is 6.11. The minimum Gasteiger partial charge on any atom is -0.495 e. The van der Waals surface area contributed by atoms with E-state index in [9.17, 15) is 18.0 Å². The fourth-order valence-electron chi connectivity index (χ4n) is 3.06. The molecule has 3 aromatic carbocycles. The van der Waals surface area contributed by atoms with E-state index in [1.54, 1.807) is 55.5 Å². The summed E-state index contributed by atoms with van der Waals surface area (Å²) in [5, 5.41) is 5.28. The van der Waals surface area contributed by atoms with Crippen LogP contribution in [0.4, 0.5) is 11.4 Å². The smallest absolute Gasteiger partial charge is 0.262 e. The van der Waals surface area contributed by atoms with Gasteiger partial charge < -0.3 is 15.4 Å². The van der Waals surface area contributed by atoms with Crippen LogP contribution in [0.2, 0.25) is 0 Å². The number of nitrogens with one attached hydrogen (secondary N) is 3. The summed E-state index contributed by atoms with van der Waals surface area (Å²) >= 11 is 0. The summed E-state index contributed by atoms with van der Waals surface area (Å²) in [5.74, 6) is -0.481. The van der Waals surface area contributed by atoms with E-state index in [-0.39, 0.29) is 16.5 Å². The van der Waals surface area contributed by atoms with E-state index in [4.69, 9.17) is 4.74 Å². The molecule has 0 aliphatic heterocycles. The van der Waals surface area contributed by atoms with Gasteiger partial charge in [-0.2, -0.15) is 0 Å². The summed E-state index contributed by atoms with van der Waals surface area (Å²) in [6, 6.07) is 18.6. The Balaban J connectivity index is 1.70. The Kier molecular flexibility index (Phi) is 7.34. The molecule has 9 heteroatoms. The Hall–Kier alpha value is -3.85. The Morgan fingerprint density at radius 2 is 1.67 bits per heavy atom. The molecule has 3 N–H and O–H groups in total. The first kappa shape index (κ1) is 23.8. The van der Waals surface area contributed by atoms with Crippen molar-refractivity contribution in [3.8, 4) is 5.75 Å². The van der Waals surface area contributed by atoms with Gasteiger partial charge in [0.15, 0.2) is 0 Å². The predicted octanol–water partition coefficient (Wildman–Crippen LogP) is 3.56. The van der Waals surface area contributed by atoms with Gasteiger partial charge in [0, 0.05) is 11.3 Å². The molecule has 0 radical (unpaired) electrons. The van der Waals surface area contributed by atoms with Crippen LogP contribution in [0, 0.1) is 6.92 Å². The molecule has 3 aromatic rings. The van der Waals surface area contributed by atoms with E-state index in [0.717, 1.165) is 5.56 Å². The maximum Gasteiger partial charge on any atom is 0.262 e. The summed E-state index contributed by atoms with van der Waals surface area (Å²) in [6.07, 6.45) is 0. The fourth-order valence-corrected chi connectivity index (χ4v) is 4.17. The van der Waals surface area contributed by atoms with Gasteiger partial charge in [-0.1, -0.05) is 35.9 Å². The highest BCUT2D eigenvalue weighted by atomic mass is 32.2. The third-order valence-electron chi connectivity index (χ3n) is 4.78. The summed E-state index contributed by atoms with van der Waals surface area (Å²) in [6.45, 7) is 3.42. The maximum absolute atomic E-state index is 12.8. The normalized spacial score (nSPS) is 11.8. The van der Waals surface area contributed by atoms with Gasteiger partial charge in [0.2, 0.25) is 5.91 Å². The Morgan fingerprint density at radius 3 is 2.39 bits per heavy atom. The van der Waals surface area contributed by atoms with Crippen molar-refractivity contribution in [1.29, 1.82) is 0 Å². The van der Waals surface area contributed by atoms with Crippen molar-refractivity contribution < 1.29 is 22.7 Å². The molecule has 2 amide bonds. The lowest BCUT2D eigenvalue weighted by molar-refractivity contribution is -0.117. The van der Waals surface area contributed by atoms with Crippen LogP contribution in [-0.4, -0.2) is 33.4 Å². The fraction of sp³-hybridized carbons (Fsp3) is 0.167. The zero-order chi connectivity index (χ0) is 24.0. The number of para-hydroxylation sites is 2. The van der Waals surface area contributed by atoms with Crippen LogP contribution >= 0.6 is 0 Å². The second-order valence-electron chi connectivity index (χ2n) is 7.39. The quantitative estimate of drug-likeness (QED) is 0.469. The van der Waals surface area contributed by atoms with Crippen LogP contribution in [0.3, 0.4) is 0 Å². The number of hydrogen-bond acceptors (Lipinski definition) is 5. The lowest BCUT2D eigenvalue weighted by Gasteiger charge is -2.15. The molecular weight excluding hydrogens is 442 g/mol. The number of aryl methyl sites for hydroxylation is 1. The van der Waals surface area contributed by atoms with Gasteiger partial charge in [0.25, 0.3) is 15.9 Å². The van der Waals surface area contributed by atoms with Crippen LogP contribution in [0.5, 0.6) is 5.75 Å². The lowest BCUT2D eigenvalue weighted by atomic mass is 10.1. The number of hydrogen-bond donors (Lipinski definition) is 3. The number of rotatable bonds is 8. The van der Waals surface area contributed by atoms with E-state index in [0.29, 0.717) is 17.0 Å². The predicted molar refractivity (Wildman–Crippen MR) is 127 cm³/mol. The van der Waals surface area contributed by atoms with E-state index in [1.165, 1.54) is 25.3 Å². The highest BCUT2D eigenvalue weighted by Crippen LogP contribution is 2.26. The molecule has 8 nitrogen and oxygen atoms in total. The van der Waals surface area contributed by atoms with Crippen LogP contribution in [0.15, 0.2) is 77.7 Å². The number of ether oxygens (including phenoxy) is 1. The summed E-state index contributed by atoms with van der Waals surface area (Å²) in [7, 11) is -2.49. The Morgan fingerprint density at radius 1 is 0.939 bits per heavy atom. The molecule has 0 aliphatic carbocycles. The van der Waals surface area contributed by atoms with E-state index >= 15 is 0 Å². The highest BCUT2D eigenvalue weighted by molar-refractivity contribution is 7.92. The molecule has 0 saturated carbocycles. The lowest BCUT2D eigenvalue weighted by Crippen LogP contribution is -2.41. The first-order chi connectivity index (χ1) is 15.7. The zero-order valence-corrected chi connectivity index (χ0v) is 19.3. The number of carbonyl (C=O) groups is 2. The minimum atomic E-state index is -3.93. The van der Waals surface area contributed by atoms with Gasteiger partial charge >= 0.3 is 0 Å². The topological polar surface area (TPSA) is 114 Å². The number of benzene rings is 3. The van der Waals surface area contributed by atoms with E-state index in [1.807, 2.05) is 13.0 Å². The van der Waals surface area contributed by atoms with Crippen molar-refractivity contribution in [1.82, 2.24) is 5.32 Å². The van der Waals surface area contributed by atoms with Crippen LogP contribution in [0.1, 0.15) is 22.8 Å². The average Bonchev–Trinajstić information content (AvgIpc) is 2.79. The van der Waals surface area contributed by atoms with Crippen molar-refractivity contribution in [3.05, 3.63) is 83.9 Å². The van der Waals surface area contributed by atoms with Gasteiger partial charge in [0.05, 0.1) is 17.7 Å². The number of carbonyl (C=O) groups excluding carboxylic acids is 2. The largest absolute Gasteiger partial charge is 0.495 e. The monoisotopic (exact) mass is 467 g/mol. The van der Waals surface area contributed by atoms with Crippen molar-refractivity contribution in [2.24, 2.45) is 0 Å². The van der Waals surface area contributed by atoms with Gasteiger partial charge in [-0.15, -0.1) is 0 Å². The Bertz CT molecular complexity index is 1270. The second kappa shape index (κ2) is 10.2. The van der Waals surface area contributed by atoms with Gasteiger partial charge in [-0.25, -0.2) is 8.42 Å². The second-order valence-corrected chi connectivity index (χ2v) is 9.07. The first-order valence-electron chi connectivity index (χ1n) is 10.1. The molecule has 0 aromatic heterocycles. The maximum atomic E-state index is 12.8. The number of anilines is 2. The third-order valence-corrected chi connectivity index (χ3v) is 6.15. The SMILES string of the molecule is COc1ccccc1NS(=O)(=O)c1cccc(NC(=O)[C@@H](C)NC(=O)c2cccc(C)c2)c1. The van der Waals surface area contributed by atoms with Gasteiger partial charge in [-0.05, 0) is 56.3 Å². The van der Waals surface area contributed by atoms with Crippen molar-refractivity contribution in [2.75, 3.05) is 17.1 Å². The van der Waals surface area contributed by atoms with Crippen LogP contribution in [-0.2, 0) is 14.8 Å². The molecule has 3 rings (SSSR count). The van der Waals surface area contributed by atoms with Gasteiger partial charge in [-0.3, -0.25) is 14.3 Å². The molecule has 33 heavy (non-hydrogen) atoms. The van der Waals surface area contributed by atoms with Crippen molar-refractivity contribution >= 4 is 33.2 Å². The highest BCUT2D eigenvalue weighted by Gasteiger charge is 2.20. The standard InChI is InChI=1S/C24H25N3O5S/c1-16-8-6-9-18(14-16)24(29)25-17(2)23(28)26-19-10-7-11-20(15-19)33(30,31)27-21-12-4-5-13-22(21)32-3/h4-15,17,27H,1-3H3,(H,25,29)(H,26,28)/t17-/m1/s1. The zero-order valence-electron chi connectivity index (χ0n) is 18.5.